The molecule has 0 N–H and O–H groups in total. The molecule has 2 rings (SSSR count). The first kappa shape index (κ1) is 13.3. The van der Waals surface area contributed by atoms with Crippen LogP contribution in [0.3, 0.4) is 0 Å². The molecule has 0 atom stereocenters. The van der Waals surface area contributed by atoms with Crippen molar-refractivity contribution in [2.75, 3.05) is 18.5 Å². The molecule has 0 bridgehead atoms. The maximum Gasteiger partial charge on any atom is 0.164 e. The van der Waals surface area contributed by atoms with Crippen LogP contribution >= 0.6 is 0 Å². The molecule has 0 aliphatic heterocycles. The van der Waals surface area contributed by atoms with E-state index in [1.807, 2.05) is 56.4 Å². The van der Waals surface area contributed by atoms with E-state index in [0.717, 1.165) is 17.8 Å². The molecule has 0 saturated carbocycles. The number of aryl methyl sites for hydroxylation is 1. The summed E-state index contributed by atoms with van der Waals surface area (Å²) < 4.78 is 0. The Balaban J connectivity index is 1.92. The molecule has 0 radical (unpaired) electrons. The van der Waals surface area contributed by atoms with E-state index in [4.69, 9.17) is 0 Å². The van der Waals surface area contributed by atoms with E-state index in [1.54, 1.807) is 0 Å². The summed E-state index contributed by atoms with van der Waals surface area (Å²) in [6.45, 7) is 2.76. The van der Waals surface area contributed by atoms with Crippen LogP contribution < -0.4 is 4.90 Å². The third-order valence-electron chi connectivity index (χ3n) is 3.24. The van der Waals surface area contributed by atoms with E-state index < -0.39 is 0 Å². The number of carbonyl (C=O) groups excluding carboxylic acids is 1. The zero-order valence-corrected chi connectivity index (χ0v) is 11.5. The highest BCUT2D eigenvalue weighted by Gasteiger charge is 2.07. The number of nitrogens with zero attached hydrogens (tertiary/aromatic N) is 1. The van der Waals surface area contributed by atoms with Crippen LogP contribution in [-0.2, 0) is 0 Å². The van der Waals surface area contributed by atoms with Gasteiger partial charge in [-0.1, -0.05) is 48.0 Å². The van der Waals surface area contributed by atoms with E-state index in [9.17, 15) is 4.79 Å². The zero-order chi connectivity index (χ0) is 13.7. The molecule has 0 aromatic heterocycles. The number of Topliss-reactive ketones (excluding diaryl/α,β-unsaturated/α-hetero) is 1. The molecule has 0 aliphatic rings. The monoisotopic (exact) mass is 253 g/mol. The van der Waals surface area contributed by atoms with Gasteiger partial charge in [0.25, 0.3) is 0 Å². The second-order valence-corrected chi connectivity index (χ2v) is 4.80. The molecule has 0 heterocycles. The molecular weight excluding hydrogens is 234 g/mol. The summed E-state index contributed by atoms with van der Waals surface area (Å²) in [5.74, 6) is 0.197. The summed E-state index contributed by atoms with van der Waals surface area (Å²) in [5, 5.41) is 0. The van der Waals surface area contributed by atoms with Crippen molar-refractivity contribution in [3.8, 4) is 0 Å². The number of hydrogen-bond donors (Lipinski definition) is 0. The van der Waals surface area contributed by atoms with Gasteiger partial charge < -0.3 is 4.90 Å². The number of carbonyl (C=O) groups is 1. The Morgan fingerprint density at radius 3 is 2.26 bits per heavy atom. The van der Waals surface area contributed by atoms with Gasteiger partial charge in [-0.05, 0) is 19.1 Å². The van der Waals surface area contributed by atoms with Gasteiger partial charge in [0, 0.05) is 31.3 Å². The predicted octanol–water partition coefficient (Wildman–Crippen LogP) is 3.70. The molecule has 0 aliphatic carbocycles. The quantitative estimate of drug-likeness (QED) is 0.757. The first-order valence-corrected chi connectivity index (χ1v) is 6.53. The lowest BCUT2D eigenvalue weighted by Crippen LogP contribution is -2.21. The minimum absolute atomic E-state index is 0.197. The number of hydrogen-bond acceptors (Lipinski definition) is 2. The summed E-state index contributed by atoms with van der Waals surface area (Å²) in [5.41, 5.74) is 3.12. The van der Waals surface area contributed by atoms with Gasteiger partial charge >= 0.3 is 0 Å². The molecule has 0 amide bonds. The zero-order valence-electron chi connectivity index (χ0n) is 11.5. The van der Waals surface area contributed by atoms with Crippen LogP contribution in [0.15, 0.2) is 54.6 Å². The Morgan fingerprint density at radius 1 is 1.00 bits per heavy atom. The fourth-order valence-corrected chi connectivity index (χ4v) is 1.96. The molecule has 19 heavy (non-hydrogen) atoms. The predicted molar refractivity (Wildman–Crippen MR) is 79.8 cm³/mol. The Hall–Kier alpha value is -2.09. The van der Waals surface area contributed by atoms with Crippen LogP contribution in [0.5, 0.6) is 0 Å². The van der Waals surface area contributed by atoms with Crippen molar-refractivity contribution in [1.29, 1.82) is 0 Å². The minimum Gasteiger partial charge on any atom is -0.374 e. The third-order valence-corrected chi connectivity index (χ3v) is 3.24. The summed E-state index contributed by atoms with van der Waals surface area (Å²) in [7, 11) is 2.01. The smallest absolute Gasteiger partial charge is 0.164 e. The third kappa shape index (κ3) is 3.68. The SMILES string of the molecule is Cc1ccc(C(=O)CCN(C)c2ccccc2)cc1. The van der Waals surface area contributed by atoms with E-state index in [1.165, 1.54) is 5.56 Å². The van der Waals surface area contributed by atoms with Crippen molar-refractivity contribution in [1.82, 2.24) is 0 Å². The lowest BCUT2D eigenvalue weighted by atomic mass is 10.1. The second-order valence-electron chi connectivity index (χ2n) is 4.80. The van der Waals surface area contributed by atoms with Crippen LogP contribution in [0.2, 0.25) is 0 Å². The number of rotatable bonds is 5. The van der Waals surface area contributed by atoms with Crippen LogP contribution in [0.25, 0.3) is 0 Å². The fourth-order valence-electron chi connectivity index (χ4n) is 1.96. The molecule has 2 aromatic carbocycles. The minimum atomic E-state index is 0.197. The topological polar surface area (TPSA) is 20.3 Å². The average molecular weight is 253 g/mol. The Labute approximate surface area is 114 Å². The first-order chi connectivity index (χ1) is 9.16. The molecule has 0 saturated heterocycles. The van der Waals surface area contributed by atoms with Gasteiger partial charge in [0.1, 0.15) is 0 Å². The largest absolute Gasteiger partial charge is 0.374 e. The van der Waals surface area contributed by atoms with Crippen molar-refractivity contribution in [3.63, 3.8) is 0 Å². The molecule has 2 nitrogen and oxygen atoms in total. The lowest BCUT2D eigenvalue weighted by Gasteiger charge is -2.18. The fraction of sp³-hybridized carbons (Fsp3) is 0.235. The molecule has 2 heteroatoms. The summed E-state index contributed by atoms with van der Waals surface area (Å²) in [4.78, 5) is 14.2. The maximum absolute atomic E-state index is 12.1. The normalized spacial score (nSPS) is 10.2. The van der Waals surface area contributed by atoms with Gasteiger partial charge in [-0.15, -0.1) is 0 Å². The molecule has 0 fully saturated rings. The van der Waals surface area contributed by atoms with E-state index >= 15 is 0 Å². The highest BCUT2D eigenvalue weighted by atomic mass is 16.1. The average Bonchev–Trinajstić information content (AvgIpc) is 2.46. The van der Waals surface area contributed by atoms with Gasteiger partial charge in [-0.3, -0.25) is 4.79 Å². The van der Waals surface area contributed by atoms with Crippen LogP contribution in [0.4, 0.5) is 5.69 Å². The van der Waals surface area contributed by atoms with Crippen LogP contribution in [0, 0.1) is 6.92 Å². The number of anilines is 1. The first-order valence-electron chi connectivity index (χ1n) is 6.53. The highest BCUT2D eigenvalue weighted by molar-refractivity contribution is 5.96. The number of para-hydroxylation sites is 1. The van der Waals surface area contributed by atoms with E-state index in [0.29, 0.717) is 6.42 Å². The van der Waals surface area contributed by atoms with Gasteiger partial charge in [-0.2, -0.15) is 0 Å². The number of benzene rings is 2. The summed E-state index contributed by atoms with van der Waals surface area (Å²) >= 11 is 0. The standard InChI is InChI=1S/C17H19NO/c1-14-8-10-15(11-9-14)17(19)12-13-18(2)16-6-4-3-5-7-16/h3-11H,12-13H2,1-2H3. The second kappa shape index (κ2) is 6.19. The van der Waals surface area contributed by atoms with Gasteiger partial charge in [0.2, 0.25) is 0 Å². The molecule has 98 valence electrons. The van der Waals surface area contributed by atoms with E-state index in [2.05, 4.69) is 17.0 Å². The van der Waals surface area contributed by atoms with Crippen molar-refractivity contribution < 1.29 is 4.79 Å². The van der Waals surface area contributed by atoms with Crippen molar-refractivity contribution >= 4 is 11.5 Å². The van der Waals surface area contributed by atoms with Crippen molar-refractivity contribution in [2.24, 2.45) is 0 Å². The Bertz CT molecular complexity index is 531. The summed E-state index contributed by atoms with van der Waals surface area (Å²) in [6, 6.07) is 17.9. The Kier molecular flexibility index (Phi) is 4.35. The molecule has 2 aromatic rings. The lowest BCUT2D eigenvalue weighted by molar-refractivity contribution is 0.0985. The van der Waals surface area contributed by atoms with Gasteiger partial charge in [0.15, 0.2) is 5.78 Å². The van der Waals surface area contributed by atoms with Crippen LogP contribution in [0.1, 0.15) is 22.3 Å². The van der Waals surface area contributed by atoms with Gasteiger partial charge in [0.05, 0.1) is 0 Å². The Morgan fingerprint density at radius 2 is 1.63 bits per heavy atom. The molecule has 0 spiro atoms. The van der Waals surface area contributed by atoms with Gasteiger partial charge in [-0.25, -0.2) is 0 Å². The highest BCUT2D eigenvalue weighted by Crippen LogP contribution is 2.12. The molecule has 0 unspecified atom stereocenters. The summed E-state index contributed by atoms with van der Waals surface area (Å²) in [6.07, 6.45) is 0.536. The van der Waals surface area contributed by atoms with Crippen LogP contribution in [-0.4, -0.2) is 19.4 Å². The number of ketones is 1. The maximum atomic E-state index is 12.1. The van der Waals surface area contributed by atoms with E-state index in [-0.39, 0.29) is 5.78 Å². The van der Waals surface area contributed by atoms with Crippen molar-refractivity contribution in [2.45, 2.75) is 13.3 Å². The van der Waals surface area contributed by atoms with Crippen molar-refractivity contribution in [3.05, 3.63) is 65.7 Å². The molecular formula is C17H19NO.